The molecule has 0 saturated carbocycles. The molecule has 9 nitrogen and oxygen atoms in total. The summed E-state index contributed by atoms with van der Waals surface area (Å²) in [6.45, 7) is 2.25. The van der Waals surface area contributed by atoms with Crippen molar-refractivity contribution in [1.82, 2.24) is 20.2 Å². The van der Waals surface area contributed by atoms with Gasteiger partial charge in [0, 0.05) is 29.8 Å². The fourth-order valence-electron chi connectivity index (χ4n) is 4.56. The highest BCUT2D eigenvalue weighted by Crippen LogP contribution is 2.36. The number of hydrogen-bond acceptors (Lipinski definition) is 7. The van der Waals surface area contributed by atoms with Gasteiger partial charge >= 0.3 is 5.97 Å². The summed E-state index contributed by atoms with van der Waals surface area (Å²) >= 11 is 0. The zero-order valence-electron chi connectivity index (χ0n) is 17.2. The molecule has 4 heterocycles. The molecule has 9 heteroatoms. The molecule has 0 spiro atoms. The predicted molar refractivity (Wildman–Crippen MR) is 121 cm³/mol. The number of benzene rings is 2. The van der Waals surface area contributed by atoms with Gasteiger partial charge in [-0.2, -0.15) is 5.10 Å². The lowest BCUT2D eigenvalue weighted by Gasteiger charge is -2.22. The smallest absolute Gasteiger partial charge is 0.326 e. The fourth-order valence-corrected chi connectivity index (χ4v) is 4.56. The molecule has 0 radical (unpaired) electrons. The number of aryl methyl sites for hydroxylation is 1. The van der Waals surface area contributed by atoms with Crippen molar-refractivity contribution in [2.75, 3.05) is 16.8 Å². The number of aromatic amines is 1. The van der Waals surface area contributed by atoms with E-state index in [9.17, 15) is 9.90 Å². The van der Waals surface area contributed by atoms with E-state index in [2.05, 4.69) is 25.5 Å². The van der Waals surface area contributed by atoms with Gasteiger partial charge in [-0.05, 0) is 31.2 Å². The van der Waals surface area contributed by atoms with Crippen molar-refractivity contribution in [2.45, 2.75) is 25.4 Å². The monoisotopic (exact) mass is 428 g/mol. The van der Waals surface area contributed by atoms with Gasteiger partial charge in [0.1, 0.15) is 23.0 Å². The van der Waals surface area contributed by atoms with Crippen molar-refractivity contribution in [2.24, 2.45) is 0 Å². The van der Waals surface area contributed by atoms with Crippen molar-refractivity contribution >= 4 is 50.6 Å². The number of nitrogens with one attached hydrogen (secondary N) is 2. The summed E-state index contributed by atoms with van der Waals surface area (Å²) in [7, 11) is 0. The molecule has 2 aromatic carbocycles. The molecule has 1 aliphatic heterocycles. The van der Waals surface area contributed by atoms with Gasteiger partial charge in [0.15, 0.2) is 17.2 Å². The van der Waals surface area contributed by atoms with Crippen LogP contribution in [-0.2, 0) is 4.79 Å². The third-order valence-corrected chi connectivity index (χ3v) is 5.98. The maximum Gasteiger partial charge on any atom is 0.326 e. The third-order valence-electron chi connectivity index (χ3n) is 5.98. The number of fused-ring (bicyclic) bond motifs is 4. The summed E-state index contributed by atoms with van der Waals surface area (Å²) in [6, 6.07) is 14.6. The van der Waals surface area contributed by atoms with Gasteiger partial charge in [-0.3, -0.25) is 5.10 Å². The van der Waals surface area contributed by atoms with E-state index >= 15 is 0 Å². The molecule has 1 aliphatic rings. The van der Waals surface area contributed by atoms with Crippen LogP contribution < -0.4 is 10.2 Å². The summed E-state index contributed by atoms with van der Waals surface area (Å²) in [5, 5.41) is 22.6. The molecule has 5 aromatic rings. The highest BCUT2D eigenvalue weighted by Gasteiger charge is 2.39. The minimum atomic E-state index is -0.901. The lowest BCUT2D eigenvalue weighted by molar-refractivity contribution is -0.138. The molecule has 0 amide bonds. The first kappa shape index (κ1) is 18.6. The molecular formula is C23H20N6O3. The molecule has 2 unspecified atom stereocenters. The average Bonchev–Trinajstić information content (AvgIpc) is 3.49. The molecular weight excluding hydrogens is 408 g/mol. The number of anilines is 2. The number of aromatic nitrogens is 4. The van der Waals surface area contributed by atoms with Gasteiger partial charge in [0.05, 0.1) is 5.52 Å². The van der Waals surface area contributed by atoms with Crippen molar-refractivity contribution in [3.8, 4) is 0 Å². The second-order valence-corrected chi connectivity index (χ2v) is 8.07. The zero-order valence-corrected chi connectivity index (χ0v) is 17.2. The van der Waals surface area contributed by atoms with Gasteiger partial charge in [0.25, 0.3) is 0 Å². The second kappa shape index (κ2) is 6.94. The molecule has 2 atom stereocenters. The standard InChI is InChI=1S/C23H20N6O3/c1-12-24-19-15-7-3-5-9-18(15)32-20(19)22(25-12)29-11-13(10-17(29)23(30)31)26-21-14-6-2-4-8-16(14)27-28-21/h2-9,13,17H,10-11H2,1H3,(H,30,31)(H2,26,27,28). The van der Waals surface area contributed by atoms with Crippen LogP contribution >= 0.6 is 0 Å². The molecule has 1 saturated heterocycles. The average molecular weight is 428 g/mol. The van der Waals surface area contributed by atoms with Gasteiger partial charge in [-0.15, -0.1) is 0 Å². The highest BCUT2D eigenvalue weighted by molar-refractivity contribution is 6.06. The van der Waals surface area contributed by atoms with Crippen molar-refractivity contribution in [3.63, 3.8) is 0 Å². The Morgan fingerprint density at radius 3 is 2.78 bits per heavy atom. The summed E-state index contributed by atoms with van der Waals surface area (Å²) < 4.78 is 6.08. The molecule has 3 N–H and O–H groups in total. The van der Waals surface area contributed by atoms with E-state index in [-0.39, 0.29) is 6.04 Å². The Labute approximate surface area is 182 Å². The van der Waals surface area contributed by atoms with E-state index in [0.29, 0.717) is 47.1 Å². The summed E-state index contributed by atoms with van der Waals surface area (Å²) in [6.07, 6.45) is 0.404. The summed E-state index contributed by atoms with van der Waals surface area (Å²) in [5.41, 5.74) is 2.83. The number of rotatable bonds is 4. The number of aliphatic carboxylic acids is 1. The lowest BCUT2D eigenvalue weighted by Crippen LogP contribution is -2.37. The number of hydrogen-bond donors (Lipinski definition) is 3. The SMILES string of the molecule is Cc1nc(N2CC(Nc3n[nH]c4ccccc34)CC2C(=O)O)c2oc3ccccc3c2n1. The minimum absolute atomic E-state index is 0.127. The third kappa shape index (κ3) is 2.85. The van der Waals surface area contributed by atoms with Crippen LogP contribution in [0, 0.1) is 6.92 Å². The molecule has 32 heavy (non-hydrogen) atoms. The largest absolute Gasteiger partial charge is 0.480 e. The zero-order chi connectivity index (χ0) is 21.8. The van der Waals surface area contributed by atoms with Crippen LogP contribution in [0.5, 0.6) is 0 Å². The van der Waals surface area contributed by atoms with Crippen LogP contribution in [0.3, 0.4) is 0 Å². The lowest BCUT2D eigenvalue weighted by atomic mass is 10.1. The van der Waals surface area contributed by atoms with Crippen LogP contribution in [0.15, 0.2) is 52.9 Å². The first-order valence-electron chi connectivity index (χ1n) is 10.4. The van der Waals surface area contributed by atoms with Crippen LogP contribution in [0.4, 0.5) is 11.6 Å². The first-order valence-corrected chi connectivity index (χ1v) is 10.4. The minimum Gasteiger partial charge on any atom is -0.480 e. The molecule has 160 valence electrons. The maximum atomic E-state index is 12.2. The second-order valence-electron chi connectivity index (χ2n) is 8.07. The Morgan fingerprint density at radius 2 is 1.94 bits per heavy atom. The van der Waals surface area contributed by atoms with Crippen LogP contribution in [0.1, 0.15) is 12.2 Å². The van der Waals surface area contributed by atoms with Gasteiger partial charge in [0.2, 0.25) is 0 Å². The van der Waals surface area contributed by atoms with Crippen molar-refractivity contribution < 1.29 is 14.3 Å². The van der Waals surface area contributed by atoms with Crippen LogP contribution in [-0.4, -0.2) is 49.9 Å². The van der Waals surface area contributed by atoms with E-state index in [1.807, 2.05) is 55.5 Å². The Balaban J connectivity index is 1.41. The van der Waals surface area contributed by atoms with E-state index in [0.717, 1.165) is 16.3 Å². The van der Waals surface area contributed by atoms with E-state index in [1.54, 1.807) is 4.90 Å². The molecule has 0 aliphatic carbocycles. The van der Waals surface area contributed by atoms with Crippen LogP contribution in [0.2, 0.25) is 0 Å². The molecule has 1 fully saturated rings. The van der Waals surface area contributed by atoms with Gasteiger partial charge in [-0.1, -0.05) is 24.3 Å². The number of carboxylic acid groups (broad SMARTS) is 1. The number of H-pyrrole nitrogens is 1. The number of nitrogens with zero attached hydrogens (tertiary/aromatic N) is 4. The molecule has 0 bridgehead atoms. The summed E-state index contributed by atoms with van der Waals surface area (Å²) in [4.78, 5) is 23.1. The Hall–Kier alpha value is -4.14. The Kier molecular flexibility index (Phi) is 4.04. The number of para-hydroxylation sites is 2. The molecule has 6 rings (SSSR count). The molecule has 3 aromatic heterocycles. The predicted octanol–water partition coefficient (Wildman–Crippen LogP) is 3.70. The van der Waals surface area contributed by atoms with Gasteiger partial charge < -0.3 is 19.7 Å². The van der Waals surface area contributed by atoms with E-state index in [1.165, 1.54) is 0 Å². The number of carbonyl (C=O) groups is 1. The quantitative estimate of drug-likeness (QED) is 0.396. The van der Waals surface area contributed by atoms with Crippen LogP contribution in [0.25, 0.3) is 33.0 Å². The maximum absolute atomic E-state index is 12.2. The topological polar surface area (TPSA) is 120 Å². The Bertz CT molecular complexity index is 1490. The fraction of sp³-hybridized carbons (Fsp3) is 0.217. The van der Waals surface area contributed by atoms with Gasteiger partial charge in [-0.25, -0.2) is 14.8 Å². The van der Waals surface area contributed by atoms with Crippen molar-refractivity contribution in [3.05, 3.63) is 54.4 Å². The van der Waals surface area contributed by atoms with Crippen molar-refractivity contribution in [1.29, 1.82) is 0 Å². The first-order chi connectivity index (χ1) is 15.6. The highest BCUT2D eigenvalue weighted by atomic mass is 16.4. The Morgan fingerprint density at radius 1 is 1.16 bits per heavy atom. The normalized spacial score (nSPS) is 18.7. The number of carboxylic acids is 1. The number of furan rings is 1. The van der Waals surface area contributed by atoms with E-state index in [4.69, 9.17) is 4.42 Å². The summed E-state index contributed by atoms with van der Waals surface area (Å²) in [5.74, 6) is 0.885. The van der Waals surface area contributed by atoms with E-state index < -0.39 is 12.0 Å².